The molecule has 0 aliphatic rings. The highest BCUT2D eigenvalue weighted by Gasteiger charge is 2.37. The standard InChI is InChI=1S/C9H18F3NO/c1-4-8(13-5-2)6-14-7(3)9(10,11)12/h7-8,13H,4-6H2,1-3H3. The van der Waals surface area contributed by atoms with Gasteiger partial charge in [0.2, 0.25) is 0 Å². The third-order valence-electron chi connectivity index (χ3n) is 1.99. The van der Waals surface area contributed by atoms with Crippen molar-refractivity contribution in [3.63, 3.8) is 0 Å². The number of ether oxygens (including phenoxy) is 1. The van der Waals surface area contributed by atoms with E-state index in [2.05, 4.69) is 5.32 Å². The Kier molecular flexibility index (Phi) is 6.11. The van der Waals surface area contributed by atoms with Crippen molar-refractivity contribution in [2.24, 2.45) is 0 Å². The summed E-state index contributed by atoms with van der Waals surface area (Å²) in [5, 5.41) is 3.05. The van der Waals surface area contributed by atoms with Crippen molar-refractivity contribution >= 4 is 0 Å². The van der Waals surface area contributed by atoms with Crippen molar-refractivity contribution in [3.8, 4) is 0 Å². The zero-order valence-electron chi connectivity index (χ0n) is 8.82. The molecule has 86 valence electrons. The molecule has 2 unspecified atom stereocenters. The molecular weight excluding hydrogens is 195 g/mol. The first-order valence-electron chi connectivity index (χ1n) is 4.83. The van der Waals surface area contributed by atoms with Crippen LogP contribution in [0.2, 0.25) is 0 Å². The van der Waals surface area contributed by atoms with Gasteiger partial charge in [-0.3, -0.25) is 0 Å². The molecular formula is C9H18F3NO. The van der Waals surface area contributed by atoms with Gasteiger partial charge in [-0.25, -0.2) is 0 Å². The normalized spacial score (nSPS) is 16.7. The highest BCUT2D eigenvalue weighted by molar-refractivity contribution is 4.66. The van der Waals surface area contributed by atoms with Crippen molar-refractivity contribution < 1.29 is 17.9 Å². The van der Waals surface area contributed by atoms with Crippen molar-refractivity contribution in [2.75, 3.05) is 13.2 Å². The molecule has 0 spiro atoms. The minimum atomic E-state index is -4.26. The van der Waals surface area contributed by atoms with Gasteiger partial charge >= 0.3 is 6.18 Å². The molecule has 0 heterocycles. The first kappa shape index (κ1) is 13.7. The fraction of sp³-hybridized carbons (Fsp3) is 1.00. The maximum absolute atomic E-state index is 12.0. The lowest BCUT2D eigenvalue weighted by molar-refractivity contribution is -0.215. The molecule has 0 rings (SSSR count). The van der Waals surface area contributed by atoms with Gasteiger partial charge in [0, 0.05) is 6.04 Å². The zero-order valence-corrected chi connectivity index (χ0v) is 8.82. The molecule has 1 N–H and O–H groups in total. The Morgan fingerprint density at radius 3 is 2.21 bits per heavy atom. The Morgan fingerprint density at radius 1 is 1.29 bits per heavy atom. The van der Waals surface area contributed by atoms with Crippen molar-refractivity contribution in [3.05, 3.63) is 0 Å². The summed E-state index contributed by atoms with van der Waals surface area (Å²) in [5.74, 6) is 0. The van der Waals surface area contributed by atoms with E-state index in [4.69, 9.17) is 4.74 Å². The van der Waals surface area contributed by atoms with Crippen molar-refractivity contribution in [2.45, 2.75) is 45.5 Å². The summed E-state index contributed by atoms with van der Waals surface area (Å²) < 4.78 is 40.9. The maximum atomic E-state index is 12.0. The molecule has 0 fully saturated rings. The van der Waals surface area contributed by atoms with Crippen LogP contribution in [0.3, 0.4) is 0 Å². The zero-order chi connectivity index (χ0) is 11.2. The van der Waals surface area contributed by atoms with E-state index >= 15 is 0 Å². The molecule has 0 radical (unpaired) electrons. The van der Waals surface area contributed by atoms with Gasteiger partial charge in [0.25, 0.3) is 0 Å². The van der Waals surface area contributed by atoms with Crippen LogP contribution in [0.25, 0.3) is 0 Å². The second-order valence-electron chi connectivity index (χ2n) is 3.18. The van der Waals surface area contributed by atoms with Crippen LogP contribution < -0.4 is 5.32 Å². The smallest absolute Gasteiger partial charge is 0.367 e. The molecule has 0 aromatic carbocycles. The molecule has 0 amide bonds. The molecule has 0 aromatic heterocycles. The van der Waals surface area contributed by atoms with Crippen LogP contribution in [-0.2, 0) is 4.74 Å². The summed E-state index contributed by atoms with van der Waals surface area (Å²) in [6.07, 6.45) is -5.18. The Bertz CT molecular complexity index is 149. The van der Waals surface area contributed by atoms with Crippen LogP contribution in [0.4, 0.5) is 13.2 Å². The topological polar surface area (TPSA) is 21.3 Å². The van der Waals surface area contributed by atoms with Crippen LogP contribution >= 0.6 is 0 Å². The summed E-state index contributed by atoms with van der Waals surface area (Å²) in [6, 6.07) is 0.00444. The first-order valence-corrected chi connectivity index (χ1v) is 4.83. The number of nitrogens with one attached hydrogen (secondary N) is 1. The van der Waals surface area contributed by atoms with Crippen molar-refractivity contribution in [1.82, 2.24) is 5.32 Å². The van der Waals surface area contributed by atoms with Crippen LogP contribution in [0.5, 0.6) is 0 Å². The van der Waals surface area contributed by atoms with Gasteiger partial charge in [-0.1, -0.05) is 13.8 Å². The summed E-state index contributed by atoms with van der Waals surface area (Å²) in [6.45, 7) is 5.69. The molecule has 0 saturated heterocycles. The summed E-state index contributed by atoms with van der Waals surface area (Å²) in [4.78, 5) is 0. The van der Waals surface area contributed by atoms with Gasteiger partial charge in [0.1, 0.15) is 0 Å². The molecule has 5 heteroatoms. The molecule has 0 aliphatic heterocycles. The number of alkyl halides is 3. The minimum absolute atomic E-state index is 0.00444. The number of halogens is 3. The molecule has 14 heavy (non-hydrogen) atoms. The van der Waals surface area contributed by atoms with Gasteiger partial charge < -0.3 is 10.1 Å². The van der Waals surface area contributed by atoms with E-state index in [-0.39, 0.29) is 12.6 Å². The van der Waals surface area contributed by atoms with Crippen molar-refractivity contribution in [1.29, 1.82) is 0 Å². The van der Waals surface area contributed by atoms with E-state index in [0.29, 0.717) is 0 Å². The largest absolute Gasteiger partial charge is 0.414 e. The highest BCUT2D eigenvalue weighted by atomic mass is 19.4. The molecule has 2 atom stereocenters. The highest BCUT2D eigenvalue weighted by Crippen LogP contribution is 2.22. The molecule has 0 aromatic rings. The SMILES string of the molecule is CCNC(CC)COC(C)C(F)(F)F. The minimum Gasteiger partial charge on any atom is -0.367 e. The van der Waals surface area contributed by atoms with Crippen LogP contribution in [0, 0.1) is 0 Å². The summed E-state index contributed by atoms with van der Waals surface area (Å²) in [5.41, 5.74) is 0. The average Bonchev–Trinajstić information content (AvgIpc) is 2.10. The van der Waals surface area contributed by atoms with Gasteiger partial charge in [-0.2, -0.15) is 13.2 Å². The lowest BCUT2D eigenvalue weighted by atomic mass is 10.2. The van der Waals surface area contributed by atoms with Crippen LogP contribution in [-0.4, -0.2) is 31.5 Å². The summed E-state index contributed by atoms with van der Waals surface area (Å²) in [7, 11) is 0. The molecule has 2 nitrogen and oxygen atoms in total. The van der Waals surface area contributed by atoms with Crippen LogP contribution in [0.15, 0.2) is 0 Å². The Hall–Kier alpha value is -0.290. The summed E-state index contributed by atoms with van der Waals surface area (Å²) >= 11 is 0. The average molecular weight is 213 g/mol. The Labute approximate surface area is 82.8 Å². The van der Waals surface area contributed by atoms with Gasteiger partial charge in [0.05, 0.1) is 6.61 Å². The lowest BCUT2D eigenvalue weighted by Gasteiger charge is -2.21. The lowest BCUT2D eigenvalue weighted by Crippen LogP contribution is -2.37. The maximum Gasteiger partial charge on any atom is 0.414 e. The molecule has 0 bridgehead atoms. The predicted molar refractivity (Wildman–Crippen MR) is 49.2 cm³/mol. The van der Waals surface area contributed by atoms with E-state index in [1.54, 1.807) is 0 Å². The van der Waals surface area contributed by atoms with E-state index in [1.165, 1.54) is 0 Å². The van der Waals surface area contributed by atoms with E-state index in [9.17, 15) is 13.2 Å². The predicted octanol–water partition coefficient (Wildman–Crippen LogP) is 2.34. The number of hydrogen-bond acceptors (Lipinski definition) is 2. The first-order chi connectivity index (χ1) is 6.41. The molecule has 0 saturated carbocycles. The molecule has 0 aliphatic carbocycles. The number of likely N-dealkylation sites (N-methyl/N-ethyl adjacent to an activating group) is 1. The monoisotopic (exact) mass is 213 g/mol. The third kappa shape index (κ3) is 5.44. The number of hydrogen-bond donors (Lipinski definition) is 1. The Morgan fingerprint density at radius 2 is 1.86 bits per heavy atom. The van der Waals surface area contributed by atoms with Crippen LogP contribution in [0.1, 0.15) is 27.2 Å². The second kappa shape index (κ2) is 6.24. The fourth-order valence-electron chi connectivity index (χ4n) is 0.965. The van der Waals surface area contributed by atoms with E-state index in [0.717, 1.165) is 19.9 Å². The quantitative estimate of drug-likeness (QED) is 0.731. The second-order valence-corrected chi connectivity index (χ2v) is 3.18. The third-order valence-corrected chi connectivity index (χ3v) is 1.99. The Balaban J connectivity index is 3.79. The van der Waals surface area contributed by atoms with Gasteiger partial charge in [0.15, 0.2) is 6.10 Å². The number of rotatable bonds is 6. The van der Waals surface area contributed by atoms with Gasteiger partial charge in [-0.05, 0) is 19.9 Å². The van der Waals surface area contributed by atoms with E-state index < -0.39 is 12.3 Å². The van der Waals surface area contributed by atoms with E-state index in [1.807, 2.05) is 13.8 Å². The fourth-order valence-corrected chi connectivity index (χ4v) is 0.965. The van der Waals surface area contributed by atoms with Gasteiger partial charge in [-0.15, -0.1) is 0 Å².